The van der Waals surface area contributed by atoms with Crippen molar-refractivity contribution in [3.8, 4) is 0 Å². The van der Waals surface area contributed by atoms with Crippen LogP contribution in [0.1, 0.15) is 18.9 Å². The van der Waals surface area contributed by atoms with Gasteiger partial charge in [-0.15, -0.1) is 0 Å². The predicted octanol–water partition coefficient (Wildman–Crippen LogP) is 0.852. The third kappa shape index (κ3) is 2.65. The van der Waals surface area contributed by atoms with Gasteiger partial charge in [-0.25, -0.2) is 5.43 Å². The quantitative estimate of drug-likeness (QED) is 0.458. The minimum Gasteiger partial charge on any atom is -0.370 e. The second kappa shape index (κ2) is 4.87. The number of hydrogen-bond acceptors (Lipinski definition) is 3. The Hall–Kier alpha value is -2.37. The van der Waals surface area contributed by atoms with Gasteiger partial charge in [-0.1, -0.05) is 19.1 Å². The Morgan fingerprint density at radius 2 is 2.17 bits per heavy atom. The SMILES string of the molecule is CC1CC(=O)NN=C1c1ccc(NC(=N)N)cc1. The van der Waals surface area contributed by atoms with E-state index in [4.69, 9.17) is 11.1 Å². The van der Waals surface area contributed by atoms with E-state index in [1.54, 1.807) is 0 Å². The van der Waals surface area contributed by atoms with E-state index >= 15 is 0 Å². The minimum absolute atomic E-state index is 0.0545. The van der Waals surface area contributed by atoms with Crippen molar-refractivity contribution in [2.45, 2.75) is 13.3 Å². The van der Waals surface area contributed by atoms with E-state index in [0.717, 1.165) is 17.0 Å². The minimum atomic E-state index is -0.0987. The summed E-state index contributed by atoms with van der Waals surface area (Å²) in [5.41, 5.74) is 10.3. The molecule has 1 amide bonds. The molecule has 1 aromatic rings. The number of benzene rings is 1. The highest BCUT2D eigenvalue weighted by Crippen LogP contribution is 2.18. The Morgan fingerprint density at radius 3 is 2.72 bits per heavy atom. The molecule has 0 bridgehead atoms. The van der Waals surface area contributed by atoms with Crippen LogP contribution in [0.25, 0.3) is 0 Å². The second-order valence-corrected chi connectivity index (χ2v) is 4.25. The fraction of sp³-hybridized carbons (Fsp3) is 0.250. The van der Waals surface area contributed by atoms with E-state index in [1.165, 1.54) is 0 Å². The summed E-state index contributed by atoms with van der Waals surface area (Å²) in [5, 5.41) is 13.9. The summed E-state index contributed by atoms with van der Waals surface area (Å²) in [6, 6.07) is 7.42. The molecule has 0 saturated carbocycles. The van der Waals surface area contributed by atoms with Crippen molar-refractivity contribution >= 4 is 23.3 Å². The molecule has 1 unspecified atom stereocenters. The van der Waals surface area contributed by atoms with E-state index < -0.39 is 0 Å². The number of amides is 1. The Labute approximate surface area is 105 Å². The van der Waals surface area contributed by atoms with Crippen molar-refractivity contribution in [2.75, 3.05) is 5.32 Å². The van der Waals surface area contributed by atoms with Crippen LogP contribution in [0.2, 0.25) is 0 Å². The molecule has 1 aliphatic heterocycles. The Bertz CT molecular complexity index is 506. The summed E-state index contributed by atoms with van der Waals surface area (Å²) < 4.78 is 0. The van der Waals surface area contributed by atoms with Crippen molar-refractivity contribution < 1.29 is 4.79 Å². The van der Waals surface area contributed by atoms with Crippen LogP contribution in [-0.2, 0) is 4.79 Å². The number of hydrogen-bond donors (Lipinski definition) is 4. The van der Waals surface area contributed by atoms with Crippen LogP contribution < -0.4 is 16.5 Å². The van der Waals surface area contributed by atoms with Gasteiger partial charge < -0.3 is 11.1 Å². The molecule has 0 saturated heterocycles. The summed E-state index contributed by atoms with van der Waals surface area (Å²) in [6.45, 7) is 1.97. The van der Waals surface area contributed by atoms with E-state index in [2.05, 4.69) is 15.8 Å². The zero-order chi connectivity index (χ0) is 13.1. The molecule has 5 N–H and O–H groups in total. The lowest BCUT2D eigenvalue weighted by molar-refractivity contribution is -0.121. The average molecular weight is 245 g/mol. The smallest absolute Gasteiger partial charge is 0.240 e. The molecular weight excluding hydrogens is 230 g/mol. The number of hydrazone groups is 1. The molecule has 6 nitrogen and oxygen atoms in total. The molecule has 0 aromatic heterocycles. The van der Waals surface area contributed by atoms with Crippen molar-refractivity contribution in [3.05, 3.63) is 29.8 Å². The topological polar surface area (TPSA) is 103 Å². The maximum Gasteiger partial charge on any atom is 0.240 e. The molecule has 2 rings (SSSR count). The van der Waals surface area contributed by atoms with E-state index in [0.29, 0.717) is 6.42 Å². The number of rotatable bonds is 2. The van der Waals surface area contributed by atoms with Gasteiger partial charge in [0.05, 0.1) is 5.71 Å². The predicted molar refractivity (Wildman–Crippen MR) is 70.4 cm³/mol. The third-order valence-electron chi connectivity index (χ3n) is 2.72. The lowest BCUT2D eigenvalue weighted by Gasteiger charge is -2.19. The number of carbonyl (C=O) groups is 1. The standard InChI is InChI=1S/C12H15N5O/c1-7-6-10(18)16-17-11(7)8-2-4-9(5-3-8)15-12(13)14/h2-5,7H,6H2,1H3,(H,16,18)(H4,13,14,15). The van der Waals surface area contributed by atoms with Crippen LogP contribution >= 0.6 is 0 Å². The maximum absolute atomic E-state index is 11.2. The first-order valence-corrected chi connectivity index (χ1v) is 5.64. The monoisotopic (exact) mass is 245 g/mol. The molecule has 6 heteroatoms. The van der Waals surface area contributed by atoms with Crippen LogP contribution in [-0.4, -0.2) is 17.6 Å². The van der Waals surface area contributed by atoms with Gasteiger partial charge in [0.25, 0.3) is 0 Å². The molecular formula is C12H15N5O. The zero-order valence-electron chi connectivity index (χ0n) is 10.0. The van der Waals surface area contributed by atoms with Crippen molar-refractivity contribution in [1.82, 2.24) is 5.43 Å². The molecule has 0 radical (unpaired) electrons. The van der Waals surface area contributed by atoms with Gasteiger partial charge in [0.15, 0.2) is 5.96 Å². The van der Waals surface area contributed by atoms with Gasteiger partial charge in [0, 0.05) is 18.0 Å². The lowest BCUT2D eigenvalue weighted by atomic mass is 9.94. The van der Waals surface area contributed by atoms with Gasteiger partial charge in [-0.3, -0.25) is 10.2 Å². The molecule has 0 aliphatic carbocycles. The molecule has 18 heavy (non-hydrogen) atoms. The summed E-state index contributed by atoms with van der Waals surface area (Å²) >= 11 is 0. The lowest BCUT2D eigenvalue weighted by Crippen LogP contribution is -2.31. The zero-order valence-corrected chi connectivity index (χ0v) is 10.0. The Morgan fingerprint density at radius 1 is 1.50 bits per heavy atom. The van der Waals surface area contributed by atoms with Crippen LogP contribution in [0.15, 0.2) is 29.4 Å². The Kier molecular flexibility index (Phi) is 3.27. The first-order valence-electron chi connectivity index (χ1n) is 5.64. The van der Waals surface area contributed by atoms with E-state index in [1.807, 2.05) is 31.2 Å². The van der Waals surface area contributed by atoms with E-state index in [9.17, 15) is 4.79 Å². The number of guanidine groups is 1. The van der Waals surface area contributed by atoms with Gasteiger partial charge in [-0.2, -0.15) is 5.10 Å². The highest BCUT2D eigenvalue weighted by molar-refractivity contribution is 6.06. The number of nitrogens with one attached hydrogen (secondary N) is 3. The van der Waals surface area contributed by atoms with Gasteiger partial charge in [0.2, 0.25) is 5.91 Å². The van der Waals surface area contributed by atoms with Crippen LogP contribution in [0, 0.1) is 11.3 Å². The van der Waals surface area contributed by atoms with Crippen molar-refractivity contribution in [1.29, 1.82) is 5.41 Å². The molecule has 0 fully saturated rings. The number of nitrogens with two attached hydrogens (primary N) is 1. The van der Waals surface area contributed by atoms with Crippen LogP contribution in [0.3, 0.4) is 0 Å². The molecule has 1 heterocycles. The van der Waals surface area contributed by atoms with Gasteiger partial charge >= 0.3 is 0 Å². The maximum atomic E-state index is 11.2. The fourth-order valence-corrected chi connectivity index (χ4v) is 1.88. The van der Waals surface area contributed by atoms with E-state index in [-0.39, 0.29) is 17.8 Å². The van der Waals surface area contributed by atoms with Crippen LogP contribution in [0.4, 0.5) is 5.69 Å². The van der Waals surface area contributed by atoms with Crippen LogP contribution in [0.5, 0.6) is 0 Å². The summed E-state index contributed by atoms with van der Waals surface area (Å²) in [4.78, 5) is 11.2. The normalized spacial score (nSPS) is 18.8. The molecule has 94 valence electrons. The van der Waals surface area contributed by atoms with Gasteiger partial charge in [0.1, 0.15) is 0 Å². The Balaban J connectivity index is 2.19. The highest BCUT2D eigenvalue weighted by atomic mass is 16.2. The largest absolute Gasteiger partial charge is 0.370 e. The first-order chi connectivity index (χ1) is 8.56. The van der Waals surface area contributed by atoms with Crippen molar-refractivity contribution in [3.63, 3.8) is 0 Å². The molecule has 1 aromatic carbocycles. The van der Waals surface area contributed by atoms with Crippen molar-refractivity contribution in [2.24, 2.45) is 16.8 Å². The number of carbonyl (C=O) groups excluding carboxylic acids is 1. The summed E-state index contributed by atoms with van der Waals surface area (Å²) in [5.74, 6) is -0.0510. The van der Waals surface area contributed by atoms with Gasteiger partial charge in [-0.05, 0) is 17.7 Å². The number of anilines is 1. The molecule has 1 aliphatic rings. The highest BCUT2D eigenvalue weighted by Gasteiger charge is 2.21. The first kappa shape index (κ1) is 12.1. The second-order valence-electron chi connectivity index (χ2n) is 4.25. The number of nitrogens with zero attached hydrogens (tertiary/aromatic N) is 1. The third-order valence-corrected chi connectivity index (χ3v) is 2.72. The summed E-state index contributed by atoms with van der Waals surface area (Å²) in [7, 11) is 0. The fourth-order valence-electron chi connectivity index (χ4n) is 1.88. The summed E-state index contributed by atoms with van der Waals surface area (Å²) in [6.07, 6.45) is 0.451. The molecule has 0 spiro atoms. The molecule has 1 atom stereocenters. The average Bonchev–Trinajstić information content (AvgIpc) is 2.30.